The Morgan fingerprint density at radius 3 is 2.55 bits per heavy atom. The summed E-state index contributed by atoms with van der Waals surface area (Å²) in [6.45, 7) is 1.50. The Hall–Kier alpha value is -2.32. The molecule has 0 aliphatic heterocycles. The Morgan fingerprint density at radius 2 is 1.91 bits per heavy atom. The number of nitro groups is 1. The fourth-order valence-corrected chi connectivity index (χ4v) is 3.00. The van der Waals surface area contributed by atoms with E-state index in [4.69, 9.17) is 11.6 Å². The maximum atomic E-state index is 12.3. The smallest absolute Gasteiger partial charge is 0.273 e. The first-order valence-corrected chi connectivity index (χ1v) is 7.83. The average Bonchev–Trinajstić information content (AvgIpc) is 2.42. The Balaban J connectivity index is 2.45. The number of aryl methyl sites for hydroxylation is 1. The monoisotopic (exact) mass is 342 g/mol. The number of nitrogens with zero attached hydrogens (tertiary/aromatic N) is 1. The summed E-state index contributed by atoms with van der Waals surface area (Å²) in [6.07, 6.45) is 0. The zero-order valence-electron chi connectivity index (χ0n) is 11.3. The van der Waals surface area contributed by atoms with E-state index in [9.17, 15) is 23.6 Å². The van der Waals surface area contributed by atoms with Gasteiger partial charge in [-0.3, -0.25) is 14.8 Å². The highest BCUT2D eigenvalue weighted by Gasteiger charge is 2.21. The summed E-state index contributed by atoms with van der Waals surface area (Å²) >= 11 is 5.74. The van der Waals surface area contributed by atoms with Gasteiger partial charge in [-0.1, -0.05) is 17.7 Å². The van der Waals surface area contributed by atoms with Crippen LogP contribution in [0.25, 0.3) is 0 Å². The molecule has 2 aromatic carbocycles. The van der Waals surface area contributed by atoms with E-state index in [0.717, 1.165) is 6.07 Å². The predicted octanol–water partition coefficient (Wildman–Crippen LogP) is 3.06. The van der Waals surface area contributed by atoms with Gasteiger partial charge in [-0.15, -0.1) is 0 Å². The van der Waals surface area contributed by atoms with Crippen molar-refractivity contribution in [2.75, 3.05) is 4.72 Å². The highest BCUT2D eigenvalue weighted by atomic mass is 35.5. The molecule has 2 rings (SSSR count). The molecule has 0 radical (unpaired) electrons. The molecule has 0 aliphatic rings. The molecule has 2 aromatic rings. The first kappa shape index (κ1) is 16.1. The molecule has 22 heavy (non-hydrogen) atoms. The van der Waals surface area contributed by atoms with Crippen molar-refractivity contribution < 1.29 is 18.4 Å². The number of phenols is 1. The molecule has 0 saturated carbocycles. The van der Waals surface area contributed by atoms with E-state index in [1.165, 1.54) is 37.3 Å². The van der Waals surface area contributed by atoms with Gasteiger partial charge >= 0.3 is 0 Å². The lowest BCUT2D eigenvalue weighted by molar-refractivity contribution is -0.385. The van der Waals surface area contributed by atoms with E-state index < -0.39 is 14.9 Å². The lowest BCUT2D eigenvalue weighted by Crippen LogP contribution is -2.13. The normalized spacial score (nSPS) is 11.2. The van der Waals surface area contributed by atoms with E-state index in [1.54, 1.807) is 0 Å². The van der Waals surface area contributed by atoms with Crippen LogP contribution in [0, 0.1) is 17.0 Å². The Bertz CT molecular complexity index is 852. The van der Waals surface area contributed by atoms with Gasteiger partial charge in [-0.25, -0.2) is 8.42 Å². The molecule has 9 heteroatoms. The molecule has 0 atom stereocenters. The van der Waals surface area contributed by atoms with Crippen LogP contribution in [0.4, 0.5) is 11.4 Å². The lowest BCUT2D eigenvalue weighted by Gasteiger charge is -2.10. The van der Waals surface area contributed by atoms with Crippen LogP contribution in [-0.4, -0.2) is 18.4 Å². The van der Waals surface area contributed by atoms with Gasteiger partial charge in [-0.05, 0) is 31.2 Å². The van der Waals surface area contributed by atoms with Gasteiger partial charge in [0.15, 0.2) is 0 Å². The third kappa shape index (κ3) is 3.29. The van der Waals surface area contributed by atoms with Crippen LogP contribution in [0.1, 0.15) is 5.56 Å². The van der Waals surface area contributed by atoms with E-state index >= 15 is 0 Å². The average molecular weight is 343 g/mol. The largest absolute Gasteiger partial charge is 0.506 e. The van der Waals surface area contributed by atoms with Crippen LogP contribution in [-0.2, 0) is 10.0 Å². The van der Waals surface area contributed by atoms with Gasteiger partial charge in [0.05, 0.1) is 15.5 Å². The van der Waals surface area contributed by atoms with Crippen molar-refractivity contribution in [1.29, 1.82) is 0 Å². The Kier molecular flexibility index (Phi) is 4.25. The second-order valence-corrected chi connectivity index (χ2v) is 6.59. The van der Waals surface area contributed by atoms with Crippen molar-refractivity contribution in [3.63, 3.8) is 0 Å². The third-order valence-corrected chi connectivity index (χ3v) is 4.49. The maximum absolute atomic E-state index is 12.3. The summed E-state index contributed by atoms with van der Waals surface area (Å²) < 4.78 is 26.7. The zero-order chi connectivity index (χ0) is 16.5. The number of nitrogens with one attached hydrogen (secondary N) is 1. The van der Waals surface area contributed by atoms with Crippen molar-refractivity contribution in [2.24, 2.45) is 0 Å². The van der Waals surface area contributed by atoms with Crippen molar-refractivity contribution in [2.45, 2.75) is 11.8 Å². The number of phenolic OH excluding ortho intramolecular Hbond substituents is 1. The molecule has 0 amide bonds. The molecule has 116 valence electrons. The molecule has 0 fully saturated rings. The number of nitro benzene ring substituents is 1. The number of rotatable bonds is 4. The first-order valence-electron chi connectivity index (χ1n) is 5.97. The Labute approximate surface area is 131 Å². The summed E-state index contributed by atoms with van der Waals surface area (Å²) in [5, 5.41) is 20.8. The second kappa shape index (κ2) is 5.82. The molecular weight excluding hydrogens is 332 g/mol. The lowest BCUT2D eigenvalue weighted by atomic mass is 10.2. The summed E-state index contributed by atoms with van der Waals surface area (Å²) in [4.78, 5) is 9.94. The van der Waals surface area contributed by atoms with Crippen molar-refractivity contribution in [3.05, 3.63) is 57.1 Å². The van der Waals surface area contributed by atoms with Crippen molar-refractivity contribution in [3.8, 4) is 5.75 Å². The zero-order valence-corrected chi connectivity index (χ0v) is 12.9. The summed E-state index contributed by atoms with van der Waals surface area (Å²) in [6, 6.07) is 7.40. The van der Waals surface area contributed by atoms with Crippen LogP contribution in [0.15, 0.2) is 41.3 Å². The minimum atomic E-state index is -4.10. The number of sulfonamides is 1. The number of benzene rings is 2. The number of halogens is 1. The molecule has 2 N–H and O–H groups in total. The minimum Gasteiger partial charge on any atom is -0.506 e. The SMILES string of the molecule is Cc1ccc(S(=O)(=O)Nc2cc(Cl)ccc2O)cc1[N+](=O)[O-]. The Morgan fingerprint density at radius 1 is 1.23 bits per heavy atom. The van der Waals surface area contributed by atoms with E-state index in [2.05, 4.69) is 4.72 Å². The number of hydrogen-bond acceptors (Lipinski definition) is 5. The van der Waals surface area contributed by atoms with Crippen LogP contribution in [0.5, 0.6) is 5.75 Å². The van der Waals surface area contributed by atoms with Crippen LogP contribution in [0.2, 0.25) is 5.02 Å². The summed E-state index contributed by atoms with van der Waals surface area (Å²) in [5.74, 6) is -0.311. The number of hydrogen-bond donors (Lipinski definition) is 2. The first-order chi connectivity index (χ1) is 10.2. The fraction of sp³-hybridized carbons (Fsp3) is 0.0769. The summed E-state index contributed by atoms with van der Waals surface area (Å²) in [7, 11) is -4.10. The summed E-state index contributed by atoms with van der Waals surface area (Å²) in [5.41, 5.74) is -0.0801. The van der Waals surface area contributed by atoms with E-state index in [0.29, 0.717) is 5.56 Å². The van der Waals surface area contributed by atoms with Gasteiger partial charge in [0.1, 0.15) is 5.75 Å². The maximum Gasteiger partial charge on any atom is 0.273 e. The predicted molar refractivity (Wildman–Crippen MR) is 81.8 cm³/mol. The van der Waals surface area contributed by atoms with Gasteiger partial charge < -0.3 is 5.11 Å². The van der Waals surface area contributed by atoms with Gasteiger partial charge in [0.2, 0.25) is 0 Å². The van der Waals surface area contributed by atoms with Crippen molar-refractivity contribution >= 4 is 33.0 Å². The highest BCUT2D eigenvalue weighted by Crippen LogP contribution is 2.30. The molecule has 0 heterocycles. The van der Waals surface area contributed by atoms with Gasteiger partial charge in [0, 0.05) is 16.7 Å². The van der Waals surface area contributed by atoms with Crippen LogP contribution >= 0.6 is 11.6 Å². The standard InChI is InChI=1S/C13H11ClN2O5S/c1-8-2-4-10(7-12(8)16(18)19)22(20,21)15-11-6-9(14)3-5-13(11)17/h2-7,15,17H,1H3. The minimum absolute atomic E-state index is 0.115. The van der Waals surface area contributed by atoms with Crippen LogP contribution < -0.4 is 4.72 Å². The molecule has 0 saturated heterocycles. The van der Waals surface area contributed by atoms with Gasteiger partial charge in [0.25, 0.3) is 15.7 Å². The fourth-order valence-electron chi connectivity index (χ4n) is 1.75. The molecule has 0 spiro atoms. The van der Waals surface area contributed by atoms with E-state index in [-0.39, 0.29) is 27.0 Å². The molecular formula is C13H11ClN2O5S. The molecule has 0 unspecified atom stereocenters. The molecule has 7 nitrogen and oxygen atoms in total. The van der Waals surface area contributed by atoms with Gasteiger partial charge in [-0.2, -0.15) is 0 Å². The number of aromatic hydroxyl groups is 1. The third-order valence-electron chi connectivity index (χ3n) is 2.89. The second-order valence-electron chi connectivity index (χ2n) is 4.47. The quantitative estimate of drug-likeness (QED) is 0.504. The molecule has 0 bridgehead atoms. The van der Waals surface area contributed by atoms with Crippen LogP contribution in [0.3, 0.4) is 0 Å². The highest BCUT2D eigenvalue weighted by molar-refractivity contribution is 7.92. The molecule has 0 aliphatic carbocycles. The van der Waals surface area contributed by atoms with Crippen molar-refractivity contribution in [1.82, 2.24) is 0 Å². The number of anilines is 1. The molecule has 0 aromatic heterocycles. The van der Waals surface area contributed by atoms with E-state index in [1.807, 2.05) is 0 Å². The topological polar surface area (TPSA) is 110 Å².